The Bertz CT molecular complexity index is 602. The van der Waals surface area contributed by atoms with E-state index in [1.54, 1.807) is 12.1 Å². The SMILES string of the molecule is COc1cccc(C(=O)c2cscc2C(F)(F)F)c1. The summed E-state index contributed by atoms with van der Waals surface area (Å²) in [5, 5.41) is 2.15. The van der Waals surface area contributed by atoms with Crippen LogP contribution in [0.1, 0.15) is 21.5 Å². The minimum absolute atomic E-state index is 0.170. The van der Waals surface area contributed by atoms with Gasteiger partial charge in [-0.1, -0.05) is 12.1 Å². The zero-order valence-electron chi connectivity index (χ0n) is 9.82. The maximum atomic E-state index is 12.7. The lowest BCUT2D eigenvalue weighted by Gasteiger charge is -2.08. The normalized spacial score (nSPS) is 11.4. The third-order valence-corrected chi connectivity index (χ3v) is 3.29. The lowest BCUT2D eigenvalue weighted by molar-refractivity contribution is -0.137. The van der Waals surface area contributed by atoms with Crippen molar-refractivity contribution >= 4 is 17.1 Å². The molecule has 0 radical (unpaired) electrons. The van der Waals surface area contributed by atoms with Crippen LogP contribution in [-0.4, -0.2) is 12.9 Å². The van der Waals surface area contributed by atoms with Crippen LogP contribution in [0.25, 0.3) is 0 Å². The zero-order chi connectivity index (χ0) is 14.0. The number of thiophene rings is 1. The standard InChI is InChI=1S/C13H9F3O2S/c1-18-9-4-2-3-8(5-9)12(17)10-6-19-7-11(10)13(14,15)16/h2-7H,1H3. The summed E-state index contributed by atoms with van der Waals surface area (Å²) in [6, 6.07) is 6.06. The molecule has 6 heteroatoms. The predicted molar refractivity (Wildman–Crippen MR) is 65.7 cm³/mol. The second kappa shape index (κ2) is 5.05. The average Bonchev–Trinajstić information content (AvgIpc) is 2.87. The Morgan fingerprint density at radius 3 is 2.63 bits per heavy atom. The van der Waals surface area contributed by atoms with Gasteiger partial charge in [0.1, 0.15) is 5.75 Å². The molecule has 2 rings (SSSR count). The topological polar surface area (TPSA) is 26.3 Å². The summed E-state index contributed by atoms with van der Waals surface area (Å²) in [5.74, 6) is -0.234. The highest BCUT2D eigenvalue weighted by molar-refractivity contribution is 7.08. The largest absolute Gasteiger partial charge is 0.497 e. The van der Waals surface area contributed by atoms with Crippen molar-refractivity contribution in [2.75, 3.05) is 7.11 Å². The van der Waals surface area contributed by atoms with Gasteiger partial charge in [-0.05, 0) is 12.1 Å². The van der Waals surface area contributed by atoms with Crippen LogP contribution in [0.15, 0.2) is 35.0 Å². The molecule has 0 saturated carbocycles. The zero-order valence-corrected chi connectivity index (χ0v) is 10.6. The molecule has 0 unspecified atom stereocenters. The number of carbonyl (C=O) groups is 1. The Hall–Kier alpha value is -1.82. The van der Waals surface area contributed by atoms with E-state index >= 15 is 0 Å². The van der Waals surface area contributed by atoms with Crippen LogP contribution in [0.5, 0.6) is 5.75 Å². The first-order valence-corrected chi connectivity index (χ1v) is 6.20. The minimum Gasteiger partial charge on any atom is -0.497 e. The van der Waals surface area contributed by atoms with Crippen LogP contribution in [0.3, 0.4) is 0 Å². The summed E-state index contributed by atoms with van der Waals surface area (Å²) in [6.45, 7) is 0. The molecule has 1 heterocycles. The number of hydrogen-bond acceptors (Lipinski definition) is 3. The molecule has 0 aliphatic rings. The number of ether oxygens (including phenoxy) is 1. The van der Waals surface area contributed by atoms with E-state index in [4.69, 9.17) is 4.74 Å². The molecule has 1 aromatic heterocycles. The molecule has 1 aromatic carbocycles. The summed E-state index contributed by atoms with van der Waals surface area (Å²) < 4.78 is 43.1. The highest BCUT2D eigenvalue weighted by Gasteiger charge is 2.36. The van der Waals surface area contributed by atoms with Gasteiger partial charge in [0.2, 0.25) is 0 Å². The highest BCUT2D eigenvalue weighted by atomic mass is 32.1. The smallest absolute Gasteiger partial charge is 0.417 e. The summed E-state index contributed by atoms with van der Waals surface area (Å²) in [6.07, 6.45) is -4.52. The van der Waals surface area contributed by atoms with E-state index in [9.17, 15) is 18.0 Å². The van der Waals surface area contributed by atoms with Gasteiger partial charge in [-0.3, -0.25) is 4.79 Å². The second-order valence-corrected chi connectivity index (χ2v) is 4.50. The van der Waals surface area contributed by atoms with Crippen molar-refractivity contribution in [3.63, 3.8) is 0 Å². The maximum absolute atomic E-state index is 12.7. The van der Waals surface area contributed by atoms with E-state index in [1.165, 1.54) is 24.6 Å². The molecule has 0 amide bonds. The van der Waals surface area contributed by atoms with Gasteiger partial charge in [-0.25, -0.2) is 0 Å². The lowest BCUT2D eigenvalue weighted by atomic mass is 10.0. The summed E-state index contributed by atoms with van der Waals surface area (Å²) in [7, 11) is 1.43. The summed E-state index contributed by atoms with van der Waals surface area (Å²) >= 11 is 0.854. The van der Waals surface area contributed by atoms with Crippen LogP contribution in [0.4, 0.5) is 13.2 Å². The lowest BCUT2D eigenvalue weighted by Crippen LogP contribution is -2.11. The fraction of sp³-hybridized carbons (Fsp3) is 0.154. The summed E-state index contributed by atoms with van der Waals surface area (Å²) in [5.41, 5.74) is -1.06. The van der Waals surface area contributed by atoms with Crippen LogP contribution in [-0.2, 0) is 6.18 Å². The molecule has 100 valence electrons. The minimum atomic E-state index is -4.52. The molecular formula is C13H9F3O2S. The third-order valence-electron chi connectivity index (χ3n) is 2.54. The third kappa shape index (κ3) is 2.78. The van der Waals surface area contributed by atoms with E-state index in [-0.39, 0.29) is 11.1 Å². The Kier molecular flexibility index (Phi) is 3.61. The van der Waals surface area contributed by atoms with Crippen molar-refractivity contribution in [2.24, 2.45) is 0 Å². The predicted octanol–water partition coefficient (Wildman–Crippen LogP) is 4.01. The molecule has 0 spiro atoms. The van der Waals surface area contributed by atoms with Gasteiger partial charge in [-0.15, -0.1) is 0 Å². The van der Waals surface area contributed by atoms with Crippen molar-refractivity contribution in [1.82, 2.24) is 0 Å². The quantitative estimate of drug-likeness (QED) is 0.797. The molecule has 19 heavy (non-hydrogen) atoms. The summed E-state index contributed by atoms with van der Waals surface area (Å²) in [4.78, 5) is 12.1. The Balaban J connectivity index is 2.42. The van der Waals surface area contributed by atoms with Gasteiger partial charge >= 0.3 is 6.18 Å². The van der Waals surface area contributed by atoms with E-state index in [2.05, 4.69) is 0 Å². The fourth-order valence-corrected chi connectivity index (χ4v) is 2.45. The molecule has 0 saturated heterocycles. The van der Waals surface area contributed by atoms with Gasteiger partial charge in [-0.2, -0.15) is 24.5 Å². The molecule has 0 bridgehead atoms. The van der Waals surface area contributed by atoms with Crippen molar-refractivity contribution in [3.05, 3.63) is 51.7 Å². The Morgan fingerprint density at radius 1 is 1.26 bits per heavy atom. The first kappa shape index (κ1) is 13.6. The molecule has 2 nitrogen and oxygen atoms in total. The highest BCUT2D eigenvalue weighted by Crippen LogP contribution is 2.35. The molecule has 0 aliphatic carbocycles. The number of methoxy groups -OCH3 is 1. The fourth-order valence-electron chi connectivity index (χ4n) is 1.61. The molecule has 0 atom stereocenters. The van der Waals surface area contributed by atoms with Gasteiger partial charge in [0.05, 0.1) is 12.7 Å². The first-order valence-electron chi connectivity index (χ1n) is 5.25. The van der Waals surface area contributed by atoms with Crippen LogP contribution in [0, 0.1) is 0 Å². The number of hydrogen-bond donors (Lipinski definition) is 0. The maximum Gasteiger partial charge on any atom is 0.417 e. The van der Waals surface area contributed by atoms with Crippen molar-refractivity contribution in [1.29, 1.82) is 0 Å². The van der Waals surface area contributed by atoms with Crippen molar-refractivity contribution < 1.29 is 22.7 Å². The number of rotatable bonds is 3. The van der Waals surface area contributed by atoms with Crippen molar-refractivity contribution in [2.45, 2.75) is 6.18 Å². The van der Waals surface area contributed by atoms with E-state index < -0.39 is 17.5 Å². The Morgan fingerprint density at radius 2 is 2.00 bits per heavy atom. The van der Waals surface area contributed by atoms with Gasteiger partial charge < -0.3 is 4.74 Å². The van der Waals surface area contributed by atoms with E-state index in [1.807, 2.05) is 0 Å². The van der Waals surface area contributed by atoms with Crippen LogP contribution < -0.4 is 4.74 Å². The molecular weight excluding hydrogens is 277 g/mol. The number of carbonyl (C=O) groups excluding carboxylic acids is 1. The van der Waals surface area contributed by atoms with Crippen LogP contribution >= 0.6 is 11.3 Å². The monoisotopic (exact) mass is 286 g/mol. The average molecular weight is 286 g/mol. The first-order chi connectivity index (χ1) is 8.93. The molecule has 2 aromatic rings. The van der Waals surface area contributed by atoms with Gasteiger partial charge in [0, 0.05) is 21.9 Å². The molecule has 0 N–H and O–H groups in total. The number of benzene rings is 1. The van der Waals surface area contributed by atoms with E-state index in [0.29, 0.717) is 5.75 Å². The second-order valence-electron chi connectivity index (χ2n) is 3.76. The van der Waals surface area contributed by atoms with Crippen molar-refractivity contribution in [3.8, 4) is 5.75 Å². The number of halogens is 3. The molecule has 0 fully saturated rings. The Labute approximate surface area is 111 Å². The number of alkyl halides is 3. The molecule has 0 aliphatic heterocycles. The van der Waals surface area contributed by atoms with E-state index in [0.717, 1.165) is 16.7 Å². The number of ketones is 1. The van der Waals surface area contributed by atoms with Gasteiger partial charge in [0.15, 0.2) is 5.78 Å². The van der Waals surface area contributed by atoms with Crippen LogP contribution in [0.2, 0.25) is 0 Å². The van der Waals surface area contributed by atoms with Gasteiger partial charge in [0.25, 0.3) is 0 Å².